The van der Waals surface area contributed by atoms with Gasteiger partial charge in [-0.05, 0) is 6.92 Å². The molecule has 0 rings (SSSR count). The average molecular weight is 310 g/mol. The molecule has 0 heterocycles. The molecule has 126 valence electrons. The molecule has 9 nitrogen and oxygen atoms in total. The second kappa shape index (κ2) is 17.2. The van der Waals surface area contributed by atoms with Crippen LogP contribution in [0.2, 0.25) is 0 Å². The van der Waals surface area contributed by atoms with Gasteiger partial charge in [-0.3, -0.25) is 10.1 Å². The zero-order valence-corrected chi connectivity index (χ0v) is 12.5. The second-order valence-corrected chi connectivity index (χ2v) is 3.72. The first kappa shape index (κ1) is 20.2. The molecule has 9 heteroatoms. The van der Waals surface area contributed by atoms with E-state index in [2.05, 4.69) is 20.4 Å². The largest absolute Gasteiger partial charge is 0.380 e. The van der Waals surface area contributed by atoms with Crippen LogP contribution in [0.3, 0.4) is 0 Å². The van der Waals surface area contributed by atoms with Gasteiger partial charge < -0.3 is 24.6 Å². The van der Waals surface area contributed by atoms with Gasteiger partial charge in [0.1, 0.15) is 13.3 Å². The molecule has 0 saturated heterocycles. The highest BCUT2D eigenvalue weighted by molar-refractivity contribution is 5.77. The molecule has 0 aliphatic carbocycles. The molecule has 0 saturated carbocycles. The van der Waals surface area contributed by atoms with Crippen LogP contribution < -0.4 is 10.6 Å². The summed E-state index contributed by atoms with van der Waals surface area (Å²) in [6, 6.07) is 0. The first-order valence-corrected chi connectivity index (χ1v) is 6.87. The van der Waals surface area contributed by atoms with Crippen molar-refractivity contribution in [3.8, 4) is 0 Å². The summed E-state index contributed by atoms with van der Waals surface area (Å²) >= 11 is 0. The fourth-order valence-electron chi connectivity index (χ4n) is 1.18. The van der Waals surface area contributed by atoms with Crippen molar-refractivity contribution in [3.05, 3.63) is 0 Å². The Morgan fingerprint density at radius 1 is 1.00 bits per heavy atom. The molecule has 0 spiro atoms. The van der Waals surface area contributed by atoms with E-state index in [0.29, 0.717) is 46.1 Å². The number of carbonyl (C=O) groups excluding carboxylic acids is 1. The Bertz CT molecular complexity index is 232. The normalized spacial score (nSPS) is 10.8. The quantitative estimate of drug-likeness (QED) is 0.139. The van der Waals surface area contributed by atoms with E-state index in [1.807, 2.05) is 6.92 Å². The number of ether oxygens (including phenoxy) is 3. The lowest BCUT2D eigenvalue weighted by Crippen LogP contribution is -2.31. The van der Waals surface area contributed by atoms with Crippen LogP contribution in [0.1, 0.15) is 6.92 Å². The molecule has 0 radical (unpaired) electrons. The first-order chi connectivity index (χ1) is 10.3. The minimum atomic E-state index is -0.477. The van der Waals surface area contributed by atoms with Crippen molar-refractivity contribution in [3.63, 3.8) is 0 Å². The molecule has 0 aliphatic heterocycles. The van der Waals surface area contributed by atoms with Crippen LogP contribution >= 0.6 is 0 Å². The van der Waals surface area contributed by atoms with E-state index in [4.69, 9.17) is 19.3 Å². The Morgan fingerprint density at radius 2 is 1.76 bits per heavy atom. The third kappa shape index (κ3) is 17.1. The first-order valence-electron chi connectivity index (χ1n) is 6.87. The third-order valence-electron chi connectivity index (χ3n) is 2.10. The van der Waals surface area contributed by atoms with Crippen molar-refractivity contribution >= 4 is 5.91 Å². The molecule has 0 aromatic heterocycles. The summed E-state index contributed by atoms with van der Waals surface area (Å²) in [6.07, 6.45) is 0. The fourth-order valence-corrected chi connectivity index (χ4v) is 1.18. The highest BCUT2D eigenvalue weighted by Crippen LogP contribution is 1.80. The van der Waals surface area contributed by atoms with E-state index in [1.54, 1.807) is 0 Å². The fraction of sp³-hybridized carbons (Fsp3) is 0.917. The van der Waals surface area contributed by atoms with Gasteiger partial charge in [0.15, 0.2) is 6.79 Å². The Balaban J connectivity index is 3.09. The number of rotatable bonds is 16. The number of hydrogen-bond acceptors (Lipinski definition) is 8. The Morgan fingerprint density at radius 3 is 2.52 bits per heavy atom. The highest BCUT2D eigenvalue weighted by atomic mass is 17.2. The maximum Gasteiger partial charge on any atom is 0.246 e. The summed E-state index contributed by atoms with van der Waals surface area (Å²) in [5.41, 5.74) is 0. The number of aliphatic hydroxyl groups is 1. The van der Waals surface area contributed by atoms with Crippen molar-refractivity contribution in [2.75, 3.05) is 66.3 Å². The van der Waals surface area contributed by atoms with Gasteiger partial charge in [-0.15, -0.1) is 0 Å². The Labute approximate surface area is 124 Å². The van der Waals surface area contributed by atoms with E-state index >= 15 is 0 Å². The van der Waals surface area contributed by atoms with Gasteiger partial charge in [0.2, 0.25) is 5.91 Å². The van der Waals surface area contributed by atoms with Crippen LogP contribution in [-0.4, -0.2) is 77.3 Å². The zero-order chi connectivity index (χ0) is 15.6. The van der Waals surface area contributed by atoms with Crippen molar-refractivity contribution in [1.82, 2.24) is 10.6 Å². The minimum Gasteiger partial charge on any atom is -0.380 e. The molecule has 0 bridgehead atoms. The molecular weight excluding hydrogens is 284 g/mol. The lowest BCUT2D eigenvalue weighted by atomic mass is 10.6. The summed E-state index contributed by atoms with van der Waals surface area (Å²) in [7, 11) is 0. The molecule has 21 heavy (non-hydrogen) atoms. The summed E-state index contributed by atoms with van der Waals surface area (Å²) in [5.74, 6) is -0.169. The highest BCUT2D eigenvalue weighted by Gasteiger charge is 2.00. The van der Waals surface area contributed by atoms with Crippen LogP contribution in [0.5, 0.6) is 0 Å². The monoisotopic (exact) mass is 310 g/mol. The smallest absolute Gasteiger partial charge is 0.246 e. The van der Waals surface area contributed by atoms with Crippen LogP contribution in [-0.2, 0) is 28.8 Å². The van der Waals surface area contributed by atoms with Crippen LogP contribution in [0, 0.1) is 0 Å². The summed E-state index contributed by atoms with van der Waals surface area (Å²) < 4.78 is 15.5. The summed E-state index contributed by atoms with van der Waals surface area (Å²) in [5, 5.41) is 13.8. The molecule has 0 aromatic carbocycles. The average Bonchev–Trinajstić information content (AvgIpc) is 2.49. The molecule has 3 N–H and O–H groups in total. The number of aliphatic hydroxyl groups excluding tert-OH is 1. The molecule has 0 aliphatic rings. The number of nitrogens with one attached hydrogen (secondary N) is 2. The SMILES string of the molecule is CCOCCNC(=O)COCCOCCNCOOCO. The van der Waals surface area contributed by atoms with Crippen molar-refractivity contribution in [2.45, 2.75) is 6.92 Å². The lowest BCUT2D eigenvalue weighted by Gasteiger charge is -2.07. The van der Waals surface area contributed by atoms with Gasteiger partial charge in [-0.25, -0.2) is 9.78 Å². The summed E-state index contributed by atoms with van der Waals surface area (Å²) in [4.78, 5) is 20.0. The van der Waals surface area contributed by atoms with Crippen LogP contribution in [0.4, 0.5) is 0 Å². The van der Waals surface area contributed by atoms with E-state index in [-0.39, 0.29) is 19.2 Å². The Hall–Kier alpha value is -0.810. The third-order valence-corrected chi connectivity index (χ3v) is 2.10. The van der Waals surface area contributed by atoms with Crippen molar-refractivity contribution < 1.29 is 33.9 Å². The molecule has 1 amide bonds. The van der Waals surface area contributed by atoms with Crippen molar-refractivity contribution in [2.24, 2.45) is 0 Å². The topological polar surface area (TPSA) is 108 Å². The maximum absolute atomic E-state index is 11.3. The van der Waals surface area contributed by atoms with Gasteiger partial charge in [0.25, 0.3) is 0 Å². The van der Waals surface area contributed by atoms with Crippen LogP contribution in [0.25, 0.3) is 0 Å². The molecular formula is C12H26N2O7. The van der Waals surface area contributed by atoms with Crippen molar-refractivity contribution in [1.29, 1.82) is 0 Å². The van der Waals surface area contributed by atoms with Gasteiger partial charge in [-0.1, -0.05) is 0 Å². The van der Waals surface area contributed by atoms with Crippen LogP contribution in [0.15, 0.2) is 0 Å². The molecule has 0 aromatic rings. The van der Waals surface area contributed by atoms with E-state index in [1.165, 1.54) is 0 Å². The number of hydrogen-bond donors (Lipinski definition) is 3. The number of amides is 1. The summed E-state index contributed by atoms with van der Waals surface area (Å²) in [6.45, 7) is 5.04. The minimum absolute atomic E-state index is 0.0140. The van der Waals surface area contributed by atoms with E-state index in [9.17, 15) is 4.79 Å². The zero-order valence-electron chi connectivity index (χ0n) is 12.5. The lowest BCUT2D eigenvalue weighted by molar-refractivity contribution is -0.331. The van der Waals surface area contributed by atoms with Gasteiger partial charge in [0.05, 0.1) is 26.4 Å². The van der Waals surface area contributed by atoms with Gasteiger partial charge in [-0.2, -0.15) is 0 Å². The maximum atomic E-state index is 11.3. The molecule has 0 atom stereocenters. The predicted octanol–water partition coefficient (Wildman–Crippen LogP) is -1.38. The van der Waals surface area contributed by atoms with E-state index in [0.717, 1.165) is 0 Å². The predicted molar refractivity (Wildman–Crippen MR) is 73.3 cm³/mol. The molecule has 0 fully saturated rings. The molecule has 0 unspecified atom stereocenters. The van der Waals surface area contributed by atoms with E-state index < -0.39 is 6.79 Å². The Kier molecular flexibility index (Phi) is 16.6. The second-order valence-electron chi connectivity index (χ2n) is 3.72. The standard InChI is InChI=1S/C12H26N2O7/c1-2-17-6-4-14-12(16)9-19-8-7-18-5-3-13-10-20-21-11-15/h13,15H,2-11H2,1H3,(H,14,16). The van der Waals surface area contributed by atoms with Gasteiger partial charge in [0, 0.05) is 19.7 Å². The van der Waals surface area contributed by atoms with Gasteiger partial charge >= 0.3 is 0 Å². The number of carbonyl (C=O) groups is 1.